The lowest BCUT2D eigenvalue weighted by Crippen LogP contribution is -2.35. The number of aliphatic hydroxyl groups excluding tert-OH is 1. The van der Waals surface area contributed by atoms with Crippen molar-refractivity contribution in [1.82, 2.24) is 5.32 Å². The van der Waals surface area contributed by atoms with Gasteiger partial charge in [-0.05, 0) is 23.8 Å². The van der Waals surface area contributed by atoms with E-state index in [1.807, 2.05) is 30.3 Å². The van der Waals surface area contributed by atoms with Crippen LogP contribution in [-0.4, -0.2) is 37.1 Å². The zero-order chi connectivity index (χ0) is 19.3. The van der Waals surface area contributed by atoms with Crippen molar-refractivity contribution in [3.05, 3.63) is 66.6 Å². The molecule has 0 bridgehead atoms. The summed E-state index contributed by atoms with van der Waals surface area (Å²) < 4.78 is 21.4. The largest absolute Gasteiger partial charge is 0.491 e. The first kappa shape index (κ1) is 17.9. The third-order valence-electron chi connectivity index (χ3n) is 4.24. The Labute approximate surface area is 161 Å². The summed E-state index contributed by atoms with van der Waals surface area (Å²) in [6.07, 6.45) is 0.584. The zero-order valence-corrected chi connectivity index (χ0v) is 15.0. The molecule has 28 heavy (non-hydrogen) atoms. The van der Waals surface area contributed by atoms with E-state index in [1.54, 1.807) is 24.3 Å². The van der Waals surface area contributed by atoms with Crippen molar-refractivity contribution < 1.29 is 28.5 Å². The van der Waals surface area contributed by atoms with Crippen LogP contribution < -0.4 is 19.5 Å². The number of aliphatic hydroxyl groups is 1. The fourth-order valence-corrected chi connectivity index (χ4v) is 2.84. The maximum atomic E-state index is 12.4. The molecule has 0 radical (unpaired) electrons. The number of hydrogen-bond acceptors (Lipinski definition) is 6. The van der Waals surface area contributed by atoms with Crippen LogP contribution in [0.4, 0.5) is 0 Å². The number of hydrogen-bond donors (Lipinski definition) is 2. The van der Waals surface area contributed by atoms with Crippen molar-refractivity contribution >= 4 is 5.91 Å². The van der Waals surface area contributed by atoms with E-state index in [2.05, 4.69) is 5.32 Å². The van der Waals surface area contributed by atoms with Gasteiger partial charge in [0, 0.05) is 18.2 Å². The van der Waals surface area contributed by atoms with Crippen LogP contribution in [0.15, 0.2) is 65.3 Å². The highest BCUT2D eigenvalue weighted by Gasteiger charge is 2.18. The van der Waals surface area contributed by atoms with E-state index >= 15 is 0 Å². The molecule has 1 atom stereocenters. The molecule has 0 spiro atoms. The molecule has 3 aromatic rings. The minimum absolute atomic E-state index is 0.0175. The third-order valence-corrected chi connectivity index (χ3v) is 4.24. The Morgan fingerprint density at radius 2 is 1.93 bits per heavy atom. The van der Waals surface area contributed by atoms with E-state index in [4.69, 9.17) is 18.6 Å². The average Bonchev–Trinajstić information content (AvgIpc) is 3.40. The maximum absolute atomic E-state index is 12.4. The monoisotopic (exact) mass is 381 g/mol. The summed E-state index contributed by atoms with van der Waals surface area (Å²) in [6.45, 7) is 0.229. The second kappa shape index (κ2) is 8.06. The predicted molar refractivity (Wildman–Crippen MR) is 101 cm³/mol. The highest BCUT2D eigenvalue weighted by atomic mass is 16.7. The van der Waals surface area contributed by atoms with Gasteiger partial charge >= 0.3 is 0 Å². The Morgan fingerprint density at radius 1 is 1.11 bits per heavy atom. The van der Waals surface area contributed by atoms with Crippen molar-refractivity contribution in [2.45, 2.75) is 6.10 Å². The quantitative estimate of drug-likeness (QED) is 0.654. The van der Waals surface area contributed by atoms with Crippen molar-refractivity contribution in [3.8, 4) is 28.4 Å². The molecule has 0 saturated carbocycles. The number of amides is 1. The number of carbonyl (C=O) groups is 1. The van der Waals surface area contributed by atoms with Gasteiger partial charge < -0.3 is 29.1 Å². The second-order valence-electron chi connectivity index (χ2n) is 6.22. The molecule has 2 aromatic carbocycles. The summed E-state index contributed by atoms with van der Waals surface area (Å²) in [7, 11) is 0. The molecule has 2 heterocycles. The third kappa shape index (κ3) is 3.94. The summed E-state index contributed by atoms with van der Waals surface area (Å²) in [4.78, 5) is 12.4. The molecule has 7 nitrogen and oxygen atoms in total. The van der Waals surface area contributed by atoms with Gasteiger partial charge in [0.25, 0.3) is 5.91 Å². The van der Waals surface area contributed by atoms with E-state index < -0.39 is 12.0 Å². The Bertz CT molecular complexity index is 953. The molecule has 1 aliphatic rings. The van der Waals surface area contributed by atoms with Gasteiger partial charge in [-0.25, -0.2) is 0 Å². The van der Waals surface area contributed by atoms with E-state index in [1.165, 1.54) is 6.26 Å². The topological polar surface area (TPSA) is 90.2 Å². The predicted octanol–water partition coefficient (Wildman–Crippen LogP) is 2.85. The standard InChI is InChI=1S/C21H19NO6/c23-15(12-26-16-6-7-18-19(10-16)28-13-27-18)11-22-21(24)20-17(8-9-25-20)14-4-2-1-3-5-14/h1-10,15,23H,11-13H2,(H,22,24). The maximum Gasteiger partial charge on any atom is 0.287 e. The normalized spacial score (nSPS) is 13.2. The van der Waals surface area contributed by atoms with Crippen LogP contribution in [0.3, 0.4) is 0 Å². The molecule has 2 N–H and O–H groups in total. The molecule has 0 aliphatic carbocycles. The van der Waals surface area contributed by atoms with Gasteiger partial charge in [0.1, 0.15) is 18.5 Å². The molecule has 4 rings (SSSR count). The summed E-state index contributed by atoms with van der Waals surface area (Å²) >= 11 is 0. The van der Waals surface area contributed by atoms with E-state index in [0.717, 1.165) is 5.56 Å². The van der Waals surface area contributed by atoms with E-state index in [0.29, 0.717) is 22.8 Å². The van der Waals surface area contributed by atoms with Gasteiger partial charge in [-0.1, -0.05) is 30.3 Å². The first-order valence-electron chi connectivity index (χ1n) is 8.82. The van der Waals surface area contributed by atoms with E-state index in [9.17, 15) is 9.90 Å². The number of fused-ring (bicyclic) bond motifs is 1. The lowest BCUT2D eigenvalue weighted by Gasteiger charge is -2.13. The Kier molecular flexibility index (Phi) is 5.16. The highest BCUT2D eigenvalue weighted by Crippen LogP contribution is 2.35. The number of carbonyl (C=O) groups excluding carboxylic acids is 1. The number of nitrogens with one attached hydrogen (secondary N) is 1. The van der Waals surface area contributed by atoms with Gasteiger partial charge in [0.15, 0.2) is 17.3 Å². The lowest BCUT2D eigenvalue weighted by molar-refractivity contribution is 0.0822. The fraction of sp³-hybridized carbons (Fsp3) is 0.190. The smallest absolute Gasteiger partial charge is 0.287 e. The molecule has 0 saturated heterocycles. The molecule has 1 unspecified atom stereocenters. The summed E-state index contributed by atoms with van der Waals surface area (Å²) in [6, 6.07) is 16.4. The summed E-state index contributed by atoms with van der Waals surface area (Å²) in [5, 5.41) is 12.8. The van der Waals surface area contributed by atoms with E-state index in [-0.39, 0.29) is 25.7 Å². The van der Waals surface area contributed by atoms with Crippen molar-refractivity contribution in [2.24, 2.45) is 0 Å². The molecule has 144 valence electrons. The summed E-state index contributed by atoms with van der Waals surface area (Å²) in [5.41, 5.74) is 1.58. The fourth-order valence-electron chi connectivity index (χ4n) is 2.84. The van der Waals surface area contributed by atoms with Crippen LogP contribution >= 0.6 is 0 Å². The van der Waals surface area contributed by atoms with Crippen LogP contribution in [0, 0.1) is 0 Å². The Morgan fingerprint density at radius 3 is 2.79 bits per heavy atom. The van der Waals surface area contributed by atoms with Crippen molar-refractivity contribution in [3.63, 3.8) is 0 Å². The van der Waals surface area contributed by atoms with Crippen LogP contribution in [-0.2, 0) is 0 Å². The van der Waals surface area contributed by atoms with Gasteiger partial charge in [-0.3, -0.25) is 4.79 Å². The Hall–Kier alpha value is -3.45. The van der Waals surface area contributed by atoms with Crippen LogP contribution in [0.5, 0.6) is 17.2 Å². The van der Waals surface area contributed by atoms with Crippen molar-refractivity contribution in [2.75, 3.05) is 19.9 Å². The zero-order valence-electron chi connectivity index (χ0n) is 15.0. The van der Waals surface area contributed by atoms with Crippen LogP contribution in [0.1, 0.15) is 10.6 Å². The second-order valence-corrected chi connectivity index (χ2v) is 6.22. The average molecular weight is 381 g/mol. The number of furan rings is 1. The number of rotatable bonds is 7. The minimum atomic E-state index is -0.885. The molecule has 1 amide bonds. The van der Waals surface area contributed by atoms with Crippen LogP contribution in [0.25, 0.3) is 11.1 Å². The molecular weight excluding hydrogens is 362 g/mol. The summed E-state index contributed by atoms with van der Waals surface area (Å²) in [5.74, 6) is 1.62. The highest BCUT2D eigenvalue weighted by molar-refractivity contribution is 5.98. The number of ether oxygens (including phenoxy) is 3. The first-order valence-corrected chi connectivity index (χ1v) is 8.82. The van der Waals surface area contributed by atoms with Crippen LogP contribution in [0.2, 0.25) is 0 Å². The van der Waals surface area contributed by atoms with Gasteiger partial charge in [-0.2, -0.15) is 0 Å². The van der Waals surface area contributed by atoms with Gasteiger partial charge in [0.05, 0.1) is 6.26 Å². The van der Waals surface area contributed by atoms with Crippen molar-refractivity contribution in [1.29, 1.82) is 0 Å². The lowest BCUT2D eigenvalue weighted by atomic mass is 10.1. The van der Waals surface area contributed by atoms with Gasteiger partial charge in [-0.15, -0.1) is 0 Å². The molecule has 0 fully saturated rings. The molecular formula is C21H19NO6. The minimum Gasteiger partial charge on any atom is -0.491 e. The van der Waals surface area contributed by atoms with Gasteiger partial charge in [0.2, 0.25) is 6.79 Å². The molecule has 1 aromatic heterocycles. The molecule has 1 aliphatic heterocycles. The number of benzene rings is 2. The molecule has 7 heteroatoms. The first-order chi connectivity index (χ1) is 13.7. The SMILES string of the molecule is O=C(NCC(O)COc1ccc2c(c1)OCO2)c1occc1-c1ccccc1. The Balaban J connectivity index is 1.30.